The van der Waals surface area contributed by atoms with Gasteiger partial charge in [0.2, 0.25) is 5.91 Å². The van der Waals surface area contributed by atoms with E-state index in [9.17, 15) is 9.59 Å². The summed E-state index contributed by atoms with van der Waals surface area (Å²) in [7, 11) is 1.81. The van der Waals surface area contributed by atoms with E-state index in [1.54, 1.807) is 24.1 Å². The minimum Gasteiger partial charge on any atom is -0.325 e. The fraction of sp³-hybridized carbons (Fsp3) is 0.211. The van der Waals surface area contributed by atoms with Gasteiger partial charge in [0.1, 0.15) is 5.65 Å². The number of aromatic nitrogens is 2. The van der Waals surface area contributed by atoms with Crippen LogP contribution in [0.4, 0.5) is 5.69 Å². The lowest BCUT2D eigenvalue weighted by atomic mass is 10.2. The van der Waals surface area contributed by atoms with Gasteiger partial charge in [-0.1, -0.05) is 29.3 Å². The highest BCUT2D eigenvalue weighted by molar-refractivity contribution is 6.30. The molecule has 6 nitrogen and oxygen atoms in total. The van der Waals surface area contributed by atoms with Crippen LogP contribution in [-0.2, 0) is 11.3 Å². The van der Waals surface area contributed by atoms with Crippen molar-refractivity contribution in [2.24, 2.45) is 0 Å². The van der Waals surface area contributed by atoms with Crippen LogP contribution in [0.1, 0.15) is 11.3 Å². The molecule has 0 saturated heterocycles. The molecule has 0 aliphatic heterocycles. The van der Waals surface area contributed by atoms with Crippen molar-refractivity contribution >= 4 is 28.8 Å². The minimum absolute atomic E-state index is 0.124. The van der Waals surface area contributed by atoms with E-state index in [2.05, 4.69) is 10.3 Å². The van der Waals surface area contributed by atoms with Gasteiger partial charge in [-0.2, -0.15) is 0 Å². The Bertz CT molecular complexity index is 999. The maximum Gasteiger partial charge on any atom is 0.258 e. The smallest absolute Gasteiger partial charge is 0.258 e. The van der Waals surface area contributed by atoms with E-state index in [1.807, 2.05) is 31.2 Å². The number of likely N-dealkylation sites (N-methyl/N-ethyl adjacent to an activating group) is 1. The molecule has 0 atom stereocenters. The summed E-state index contributed by atoms with van der Waals surface area (Å²) >= 11 is 5.91. The van der Waals surface area contributed by atoms with Crippen LogP contribution >= 0.6 is 11.6 Å². The van der Waals surface area contributed by atoms with Gasteiger partial charge in [-0.05, 0) is 38.2 Å². The second-order valence-corrected chi connectivity index (χ2v) is 6.68. The van der Waals surface area contributed by atoms with Crippen LogP contribution in [0.3, 0.4) is 0 Å². The number of benzene rings is 1. The van der Waals surface area contributed by atoms with Crippen LogP contribution in [0.15, 0.2) is 53.5 Å². The summed E-state index contributed by atoms with van der Waals surface area (Å²) in [6.45, 7) is 2.57. The largest absolute Gasteiger partial charge is 0.325 e. The first-order valence-corrected chi connectivity index (χ1v) is 8.51. The molecule has 0 aliphatic carbocycles. The fourth-order valence-electron chi connectivity index (χ4n) is 2.62. The summed E-state index contributed by atoms with van der Waals surface area (Å²) in [5.74, 6) is -0.124. The lowest BCUT2D eigenvalue weighted by molar-refractivity contribution is -0.117. The number of aryl methyl sites for hydroxylation is 1. The number of nitrogens with one attached hydrogen (secondary N) is 1. The third-order valence-corrected chi connectivity index (χ3v) is 4.08. The lowest BCUT2D eigenvalue weighted by Gasteiger charge is -2.16. The van der Waals surface area contributed by atoms with Crippen LogP contribution < -0.4 is 10.9 Å². The van der Waals surface area contributed by atoms with Crippen molar-refractivity contribution in [3.8, 4) is 0 Å². The molecule has 1 amide bonds. The van der Waals surface area contributed by atoms with Crippen molar-refractivity contribution < 1.29 is 4.79 Å². The van der Waals surface area contributed by atoms with Crippen LogP contribution in [0, 0.1) is 6.92 Å². The molecule has 3 rings (SSSR count). The Labute approximate surface area is 156 Å². The molecule has 0 aliphatic rings. The molecule has 0 unspecified atom stereocenters. The molecule has 7 heteroatoms. The van der Waals surface area contributed by atoms with Gasteiger partial charge in [-0.25, -0.2) is 4.98 Å². The predicted molar refractivity (Wildman–Crippen MR) is 103 cm³/mol. The SMILES string of the molecule is Cc1ccc(NC(=O)CN(C)Cc2cc(=O)n3cc(Cl)ccc3n2)cc1. The Morgan fingerprint density at radius 2 is 1.96 bits per heavy atom. The maximum absolute atomic E-state index is 12.2. The zero-order valence-electron chi connectivity index (χ0n) is 14.6. The van der Waals surface area contributed by atoms with Crippen molar-refractivity contribution in [1.82, 2.24) is 14.3 Å². The van der Waals surface area contributed by atoms with Crippen molar-refractivity contribution in [3.63, 3.8) is 0 Å². The van der Waals surface area contributed by atoms with Crippen LogP contribution in [0.5, 0.6) is 0 Å². The van der Waals surface area contributed by atoms with E-state index in [1.165, 1.54) is 16.7 Å². The summed E-state index contributed by atoms with van der Waals surface area (Å²) in [6, 6.07) is 12.4. The first-order valence-electron chi connectivity index (χ1n) is 8.13. The Kier molecular flexibility index (Phi) is 5.35. The summed E-state index contributed by atoms with van der Waals surface area (Å²) in [4.78, 5) is 30.6. The number of nitrogens with zero attached hydrogens (tertiary/aromatic N) is 3. The Morgan fingerprint density at radius 1 is 1.23 bits per heavy atom. The van der Waals surface area contributed by atoms with Gasteiger partial charge in [-0.3, -0.25) is 18.9 Å². The van der Waals surface area contributed by atoms with Crippen molar-refractivity contribution in [2.75, 3.05) is 18.9 Å². The highest BCUT2D eigenvalue weighted by Gasteiger charge is 2.10. The summed E-state index contributed by atoms with van der Waals surface area (Å²) in [5.41, 5.74) is 2.81. The molecular weight excluding hydrogens is 352 g/mol. The predicted octanol–water partition coefficient (Wildman–Crippen LogP) is 2.73. The number of pyridine rings is 1. The molecule has 134 valence electrons. The van der Waals surface area contributed by atoms with E-state index in [-0.39, 0.29) is 18.0 Å². The number of carbonyl (C=O) groups excluding carboxylic acids is 1. The number of carbonyl (C=O) groups is 1. The van der Waals surface area contributed by atoms with E-state index >= 15 is 0 Å². The average Bonchev–Trinajstić information content (AvgIpc) is 2.57. The zero-order chi connectivity index (χ0) is 18.7. The summed E-state index contributed by atoms with van der Waals surface area (Å²) < 4.78 is 1.40. The third-order valence-electron chi connectivity index (χ3n) is 3.86. The molecule has 0 radical (unpaired) electrons. The highest BCUT2D eigenvalue weighted by Crippen LogP contribution is 2.10. The van der Waals surface area contributed by atoms with E-state index < -0.39 is 0 Å². The van der Waals surface area contributed by atoms with Crippen molar-refractivity contribution in [1.29, 1.82) is 0 Å². The normalized spacial score (nSPS) is 11.1. The molecule has 1 N–H and O–H groups in total. The van der Waals surface area contributed by atoms with Gasteiger partial charge < -0.3 is 5.32 Å². The molecule has 0 saturated carbocycles. The average molecular weight is 371 g/mol. The fourth-order valence-corrected chi connectivity index (χ4v) is 2.78. The van der Waals surface area contributed by atoms with Crippen LogP contribution in [-0.4, -0.2) is 33.8 Å². The first-order chi connectivity index (χ1) is 12.4. The van der Waals surface area contributed by atoms with Gasteiger partial charge in [0, 0.05) is 24.5 Å². The second kappa shape index (κ2) is 7.68. The minimum atomic E-state index is -0.204. The third kappa shape index (κ3) is 4.47. The van der Waals surface area contributed by atoms with Gasteiger partial charge in [0.05, 0.1) is 17.3 Å². The molecule has 0 spiro atoms. The Hall–Kier alpha value is -2.70. The summed E-state index contributed by atoms with van der Waals surface area (Å²) in [5, 5.41) is 3.32. The quantitative estimate of drug-likeness (QED) is 0.750. The number of amides is 1. The summed E-state index contributed by atoms with van der Waals surface area (Å²) in [6.07, 6.45) is 1.54. The monoisotopic (exact) mass is 370 g/mol. The number of halogens is 1. The topological polar surface area (TPSA) is 66.7 Å². The second-order valence-electron chi connectivity index (χ2n) is 6.25. The molecule has 2 aromatic heterocycles. The molecule has 1 aromatic carbocycles. The van der Waals surface area contributed by atoms with Crippen LogP contribution in [0.25, 0.3) is 5.65 Å². The molecule has 2 heterocycles. The molecule has 3 aromatic rings. The van der Waals surface area contributed by atoms with Crippen molar-refractivity contribution in [2.45, 2.75) is 13.5 Å². The number of hydrogen-bond acceptors (Lipinski definition) is 4. The number of fused-ring (bicyclic) bond motifs is 1. The molecular formula is C19H19ClN4O2. The first kappa shape index (κ1) is 18.1. The number of anilines is 1. The van der Waals surface area contributed by atoms with Gasteiger partial charge in [0.25, 0.3) is 5.56 Å². The zero-order valence-corrected chi connectivity index (χ0v) is 15.3. The van der Waals surface area contributed by atoms with Gasteiger partial charge >= 0.3 is 0 Å². The molecule has 0 bridgehead atoms. The van der Waals surface area contributed by atoms with Crippen molar-refractivity contribution in [3.05, 3.63) is 75.3 Å². The Morgan fingerprint density at radius 3 is 2.69 bits per heavy atom. The molecule has 0 fully saturated rings. The van der Waals surface area contributed by atoms with E-state index in [0.29, 0.717) is 22.9 Å². The van der Waals surface area contributed by atoms with Crippen LogP contribution in [0.2, 0.25) is 5.02 Å². The lowest BCUT2D eigenvalue weighted by Crippen LogP contribution is -2.30. The molecule has 26 heavy (non-hydrogen) atoms. The van der Waals surface area contributed by atoms with E-state index in [4.69, 9.17) is 11.6 Å². The highest BCUT2D eigenvalue weighted by atomic mass is 35.5. The maximum atomic E-state index is 12.2. The van der Waals surface area contributed by atoms with E-state index in [0.717, 1.165) is 11.3 Å². The standard InChI is InChI=1S/C19H19ClN4O2/c1-13-3-6-15(7-4-13)22-18(25)12-23(2)11-16-9-19(26)24-10-14(20)5-8-17(24)21-16/h3-10H,11-12H2,1-2H3,(H,22,25). The van der Waals surface area contributed by atoms with Gasteiger partial charge in [0.15, 0.2) is 0 Å². The number of hydrogen-bond donors (Lipinski definition) is 1. The Balaban J connectivity index is 1.65. The van der Waals surface area contributed by atoms with Gasteiger partial charge in [-0.15, -0.1) is 0 Å². The number of rotatable bonds is 5.